The SMILES string of the molecule is COCC(N)C(=O)Nc1ccc2nc(NC(C)=O)sc2c1.Cl.Cl. The highest BCUT2D eigenvalue weighted by atomic mass is 35.5. The summed E-state index contributed by atoms with van der Waals surface area (Å²) in [7, 11) is 1.49. The minimum Gasteiger partial charge on any atom is -0.383 e. The van der Waals surface area contributed by atoms with Gasteiger partial charge in [0.15, 0.2) is 5.13 Å². The molecule has 2 rings (SSSR count). The second kappa shape index (κ2) is 9.64. The summed E-state index contributed by atoms with van der Waals surface area (Å²) in [6.45, 7) is 1.58. The Kier molecular flexibility index (Phi) is 9.03. The zero-order valence-electron chi connectivity index (χ0n) is 12.5. The van der Waals surface area contributed by atoms with Gasteiger partial charge < -0.3 is 21.1 Å². The standard InChI is InChI=1S/C13H16N4O3S.2ClH/c1-7(18)15-13-17-10-4-3-8(5-11(10)21-13)16-12(19)9(14)6-20-2;;/h3-5,9H,6,14H2,1-2H3,(H,16,19)(H,15,17,18);2*1H. The summed E-state index contributed by atoms with van der Waals surface area (Å²) in [5.74, 6) is -0.490. The summed E-state index contributed by atoms with van der Waals surface area (Å²) >= 11 is 1.34. The van der Waals surface area contributed by atoms with Crippen molar-refractivity contribution in [2.45, 2.75) is 13.0 Å². The molecule has 0 saturated carbocycles. The molecule has 0 aliphatic carbocycles. The summed E-state index contributed by atoms with van der Waals surface area (Å²) in [6, 6.07) is 4.57. The Labute approximate surface area is 149 Å². The van der Waals surface area contributed by atoms with Gasteiger partial charge in [-0.2, -0.15) is 0 Å². The third-order valence-electron chi connectivity index (χ3n) is 2.62. The first-order valence-electron chi connectivity index (χ1n) is 6.23. The van der Waals surface area contributed by atoms with Crippen molar-refractivity contribution in [2.24, 2.45) is 5.73 Å². The molecule has 0 spiro atoms. The van der Waals surface area contributed by atoms with Crippen LogP contribution in [0.3, 0.4) is 0 Å². The number of nitrogens with zero attached hydrogens (tertiary/aromatic N) is 1. The number of hydrogen-bond acceptors (Lipinski definition) is 6. The van der Waals surface area contributed by atoms with E-state index < -0.39 is 6.04 Å². The number of hydrogen-bond donors (Lipinski definition) is 3. The summed E-state index contributed by atoms with van der Waals surface area (Å²) < 4.78 is 5.70. The van der Waals surface area contributed by atoms with Gasteiger partial charge >= 0.3 is 0 Å². The summed E-state index contributed by atoms with van der Waals surface area (Å²) in [4.78, 5) is 27.1. The van der Waals surface area contributed by atoms with E-state index in [1.165, 1.54) is 25.4 Å². The number of anilines is 2. The molecule has 1 atom stereocenters. The predicted octanol–water partition coefficient (Wildman–Crippen LogP) is 2.01. The lowest BCUT2D eigenvalue weighted by Crippen LogP contribution is -2.39. The molecule has 1 aromatic carbocycles. The van der Waals surface area contributed by atoms with Crippen molar-refractivity contribution in [2.75, 3.05) is 24.4 Å². The number of ether oxygens (including phenoxy) is 1. The van der Waals surface area contributed by atoms with E-state index in [2.05, 4.69) is 15.6 Å². The van der Waals surface area contributed by atoms with Crippen LogP contribution in [0.1, 0.15) is 6.92 Å². The van der Waals surface area contributed by atoms with Crippen LogP contribution in [0.4, 0.5) is 10.8 Å². The van der Waals surface area contributed by atoms with Crippen LogP contribution in [0.25, 0.3) is 10.2 Å². The topological polar surface area (TPSA) is 106 Å². The van der Waals surface area contributed by atoms with Crippen molar-refractivity contribution >= 4 is 69.0 Å². The highest BCUT2D eigenvalue weighted by Crippen LogP contribution is 2.28. The van der Waals surface area contributed by atoms with Crippen LogP contribution in [0.15, 0.2) is 18.2 Å². The maximum atomic E-state index is 11.8. The Hall–Kier alpha value is -1.45. The molecule has 0 saturated heterocycles. The molecular weight excluding hydrogens is 363 g/mol. The van der Waals surface area contributed by atoms with Gasteiger partial charge in [-0.3, -0.25) is 9.59 Å². The Bertz CT molecular complexity index is 680. The molecule has 10 heteroatoms. The molecule has 2 aromatic rings. The van der Waals surface area contributed by atoms with Crippen LogP contribution in [0, 0.1) is 0 Å². The molecule has 1 aromatic heterocycles. The van der Waals surface area contributed by atoms with Crippen LogP contribution < -0.4 is 16.4 Å². The lowest BCUT2D eigenvalue weighted by molar-refractivity contribution is -0.118. The molecule has 1 unspecified atom stereocenters. The normalized spacial score (nSPS) is 11.1. The highest BCUT2D eigenvalue weighted by Gasteiger charge is 2.14. The Balaban J connectivity index is 0.00000242. The summed E-state index contributed by atoms with van der Waals surface area (Å²) in [5, 5.41) is 5.88. The van der Waals surface area contributed by atoms with Gasteiger partial charge in [-0.1, -0.05) is 11.3 Å². The maximum absolute atomic E-state index is 11.8. The number of carbonyl (C=O) groups is 2. The molecule has 0 fully saturated rings. The first kappa shape index (κ1) is 21.6. The van der Waals surface area contributed by atoms with E-state index in [4.69, 9.17) is 10.5 Å². The Morgan fingerprint density at radius 1 is 1.35 bits per heavy atom. The zero-order valence-corrected chi connectivity index (χ0v) is 14.9. The van der Waals surface area contributed by atoms with Crippen LogP contribution in [0.2, 0.25) is 0 Å². The van der Waals surface area contributed by atoms with Crippen LogP contribution >= 0.6 is 36.2 Å². The molecule has 2 amide bonds. The number of benzene rings is 1. The predicted molar refractivity (Wildman–Crippen MR) is 96.9 cm³/mol. The van der Waals surface area contributed by atoms with Gasteiger partial charge in [0.2, 0.25) is 11.8 Å². The molecule has 0 aliphatic rings. The minimum atomic E-state index is -0.720. The summed E-state index contributed by atoms with van der Waals surface area (Å²) in [5.41, 5.74) is 7.03. The van der Waals surface area contributed by atoms with Gasteiger partial charge in [0.25, 0.3) is 0 Å². The van der Waals surface area contributed by atoms with E-state index in [9.17, 15) is 9.59 Å². The quantitative estimate of drug-likeness (QED) is 0.735. The number of rotatable bonds is 5. The average molecular weight is 381 g/mol. The van der Waals surface area contributed by atoms with Gasteiger partial charge in [-0.15, -0.1) is 24.8 Å². The molecule has 0 radical (unpaired) electrons. The largest absolute Gasteiger partial charge is 0.383 e. The van der Waals surface area contributed by atoms with Crippen molar-refractivity contribution in [1.29, 1.82) is 0 Å². The van der Waals surface area contributed by atoms with E-state index in [0.717, 1.165) is 10.2 Å². The number of methoxy groups -OCH3 is 1. The Morgan fingerprint density at radius 2 is 2.04 bits per heavy atom. The van der Waals surface area contributed by atoms with E-state index in [-0.39, 0.29) is 43.2 Å². The fourth-order valence-electron chi connectivity index (χ4n) is 1.70. The molecular formula is C13H18Cl2N4O3S. The molecule has 7 nitrogen and oxygen atoms in total. The minimum absolute atomic E-state index is 0. The molecule has 23 heavy (non-hydrogen) atoms. The lowest BCUT2D eigenvalue weighted by atomic mass is 10.2. The number of aromatic nitrogens is 1. The fourth-order valence-corrected chi connectivity index (χ4v) is 2.65. The first-order chi connectivity index (χ1) is 9.99. The third-order valence-corrected chi connectivity index (χ3v) is 3.56. The van der Waals surface area contributed by atoms with E-state index in [1.54, 1.807) is 18.2 Å². The van der Waals surface area contributed by atoms with Gasteiger partial charge in [0.1, 0.15) is 6.04 Å². The maximum Gasteiger partial charge on any atom is 0.243 e. The number of carbonyl (C=O) groups excluding carboxylic acids is 2. The van der Waals surface area contributed by atoms with Gasteiger partial charge in [-0.25, -0.2) is 4.98 Å². The molecule has 128 valence electrons. The van der Waals surface area contributed by atoms with Crippen molar-refractivity contribution in [3.05, 3.63) is 18.2 Å². The number of nitrogens with two attached hydrogens (primary N) is 1. The number of nitrogens with one attached hydrogen (secondary N) is 2. The van der Waals surface area contributed by atoms with Crippen molar-refractivity contribution in [1.82, 2.24) is 4.98 Å². The third kappa shape index (κ3) is 5.92. The molecule has 0 aliphatic heterocycles. The zero-order chi connectivity index (χ0) is 15.4. The first-order valence-corrected chi connectivity index (χ1v) is 7.05. The van der Waals surface area contributed by atoms with Crippen LogP contribution in [-0.2, 0) is 14.3 Å². The van der Waals surface area contributed by atoms with Crippen molar-refractivity contribution in [3.8, 4) is 0 Å². The summed E-state index contributed by atoms with van der Waals surface area (Å²) in [6.07, 6.45) is 0. The number of thiazole rings is 1. The smallest absolute Gasteiger partial charge is 0.243 e. The van der Waals surface area contributed by atoms with E-state index >= 15 is 0 Å². The van der Waals surface area contributed by atoms with E-state index in [1.807, 2.05) is 0 Å². The molecule has 0 bridgehead atoms. The van der Waals surface area contributed by atoms with Crippen molar-refractivity contribution in [3.63, 3.8) is 0 Å². The number of halogens is 2. The Morgan fingerprint density at radius 3 is 2.65 bits per heavy atom. The molecule has 4 N–H and O–H groups in total. The fraction of sp³-hybridized carbons (Fsp3) is 0.308. The average Bonchev–Trinajstić information content (AvgIpc) is 2.79. The van der Waals surface area contributed by atoms with Crippen molar-refractivity contribution < 1.29 is 14.3 Å². The lowest BCUT2D eigenvalue weighted by Gasteiger charge is -2.10. The molecule has 1 heterocycles. The van der Waals surface area contributed by atoms with Crippen LogP contribution in [-0.4, -0.2) is 36.6 Å². The van der Waals surface area contributed by atoms with Gasteiger partial charge in [0, 0.05) is 19.7 Å². The monoisotopic (exact) mass is 380 g/mol. The second-order valence-electron chi connectivity index (χ2n) is 4.43. The second-order valence-corrected chi connectivity index (χ2v) is 5.46. The van der Waals surface area contributed by atoms with Gasteiger partial charge in [-0.05, 0) is 18.2 Å². The number of amides is 2. The van der Waals surface area contributed by atoms with Crippen LogP contribution in [0.5, 0.6) is 0 Å². The number of fused-ring (bicyclic) bond motifs is 1. The van der Waals surface area contributed by atoms with Gasteiger partial charge in [0.05, 0.1) is 16.8 Å². The highest BCUT2D eigenvalue weighted by molar-refractivity contribution is 7.22. The van der Waals surface area contributed by atoms with E-state index in [0.29, 0.717) is 10.8 Å².